The molecule has 0 aromatic heterocycles. The maximum atomic E-state index is 12.3. The molecular formula is C17H17NO7. The van der Waals surface area contributed by atoms with Crippen molar-refractivity contribution >= 4 is 17.6 Å². The fourth-order valence-corrected chi connectivity index (χ4v) is 2.84. The highest BCUT2D eigenvalue weighted by Gasteiger charge is 2.41. The summed E-state index contributed by atoms with van der Waals surface area (Å²) in [6.45, 7) is 3.07. The Morgan fingerprint density at radius 3 is 1.96 bits per heavy atom. The Hall–Kier alpha value is -3.16. The molecule has 8 nitrogen and oxygen atoms in total. The van der Waals surface area contributed by atoms with Crippen LogP contribution < -0.4 is 0 Å². The van der Waals surface area contributed by atoms with Crippen molar-refractivity contribution < 1.29 is 28.7 Å². The van der Waals surface area contributed by atoms with Gasteiger partial charge in [0.25, 0.3) is 5.69 Å². The Balaban J connectivity index is 2.80. The van der Waals surface area contributed by atoms with Crippen molar-refractivity contribution in [3.63, 3.8) is 0 Å². The number of nitro benzene ring substituents is 1. The molecule has 1 aliphatic heterocycles. The molecule has 25 heavy (non-hydrogen) atoms. The molecule has 0 N–H and O–H groups in total. The van der Waals surface area contributed by atoms with Gasteiger partial charge in [-0.2, -0.15) is 0 Å². The Bertz CT molecular complexity index is 769. The number of nitro groups is 1. The zero-order chi connectivity index (χ0) is 18.7. The van der Waals surface area contributed by atoms with Crippen molar-refractivity contribution in [1.82, 2.24) is 0 Å². The average molecular weight is 347 g/mol. The van der Waals surface area contributed by atoms with E-state index in [4.69, 9.17) is 14.2 Å². The van der Waals surface area contributed by atoms with Crippen LogP contribution in [0.15, 0.2) is 46.9 Å². The third-order valence-electron chi connectivity index (χ3n) is 3.90. The molecule has 1 heterocycles. The number of esters is 2. The van der Waals surface area contributed by atoms with Crippen LogP contribution in [0.5, 0.6) is 0 Å². The van der Waals surface area contributed by atoms with Gasteiger partial charge in [0.2, 0.25) is 0 Å². The quantitative estimate of drug-likeness (QED) is 0.468. The van der Waals surface area contributed by atoms with E-state index in [0.717, 1.165) is 0 Å². The molecule has 0 spiro atoms. The summed E-state index contributed by atoms with van der Waals surface area (Å²) < 4.78 is 15.1. The Morgan fingerprint density at radius 2 is 1.52 bits per heavy atom. The summed E-state index contributed by atoms with van der Waals surface area (Å²) in [6.07, 6.45) is 0. The predicted molar refractivity (Wildman–Crippen MR) is 86.4 cm³/mol. The van der Waals surface area contributed by atoms with Crippen molar-refractivity contribution in [2.45, 2.75) is 19.8 Å². The number of nitrogens with zero attached hydrogens (tertiary/aromatic N) is 1. The zero-order valence-corrected chi connectivity index (χ0v) is 14.2. The van der Waals surface area contributed by atoms with Gasteiger partial charge in [-0.25, -0.2) is 9.59 Å². The van der Waals surface area contributed by atoms with Gasteiger partial charge >= 0.3 is 11.9 Å². The van der Waals surface area contributed by atoms with Crippen LogP contribution in [0.1, 0.15) is 25.3 Å². The largest absolute Gasteiger partial charge is 0.466 e. The van der Waals surface area contributed by atoms with Crippen LogP contribution in [-0.2, 0) is 23.8 Å². The van der Waals surface area contributed by atoms with Gasteiger partial charge in [0.1, 0.15) is 11.5 Å². The molecule has 0 aliphatic carbocycles. The zero-order valence-electron chi connectivity index (χ0n) is 14.2. The highest BCUT2D eigenvalue weighted by Crippen LogP contribution is 2.44. The summed E-state index contributed by atoms with van der Waals surface area (Å²) in [5.74, 6) is -2.10. The van der Waals surface area contributed by atoms with Crippen molar-refractivity contribution in [2.75, 3.05) is 14.2 Å². The number of carbonyl (C=O) groups is 2. The van der Waals surface area contributed by atoms with Gasteiger partial charge in [-0.15, -0.1) is 0 Å². The molecular weight excluding hydrogens is 330 g/mol. The Morgan fingerprint density at radius 1 is 1.04 bits per heavy atom. The number of para-hydroxylation sites is 1. The number of methoxy groups -OCH3 is 2. The van der Waals surface area contributed by atoms with Crippen molar-refractivity contribution in [3.05, 3.63) is 62.6 Å². The minimum atomic E-state index is -1.03. The third kappa shape index (κ3) is 3.23. The van der Waals surface area contributed by atoms with Crippen LogP contribution >= 0.6 is 0 Å². The molecule has 0 saturated heterocycles. The summed E-state index contributed by atoms with van der Waals surface area (Å²) in [5, 5.41) is 11.4. The van der Waals surface area contributed by atoms with Gasteiger partial charge in [-0.1, -0.05) is 18.2 Å². The minimum absolute atomic E-state index is 0.0165. The molecule has 132 valence electrons. The number of hydrogen-bond acceptors (Lipinski definition) is 7. The summed E-state index contributed by atoms with van der Waals surface area (Å²) in [7, 11) is 2.37. The molecule has 2 rings (SSSR count). The summed E-state index contributed by atoms with van der Waals surface area (Å²) in [5.41, 5.74) is -0.0151. The normalized spacial score (nSPS) is 14.9. The first-order chi connectivity index (χ1) is 11.8. The average Bonchev–Trinajstić information content (AvgIpc) is 2.59. The number of rotatable bonds is 4. The molecule has 1 aromatic carbocycles. The SMILES string of the molecule is COC(=O)C1=C(C)OC(C)=C(C(=O)OC)C1c1ccccc1[N+](=O)[O-]. The molecule has 0 bridgehead atoms. The number of allylic oxidation sites excluding steroid dienone is 2. The maximum absolute atomic E-state index is 12.3. The molecule has 1 aliphatic rings. The van der Waals surface area contributed by atoms with Gasteiger partial charge in [-0.05, 0) is 13.8 Å². The molecule has 0 radical (unpaired) electrons. The van der Waals surface area contributed by atoms with Gasteiger partial charge in [0.15, 0.2) is 0 Å². The third-order valence-corrected chi connectivity index (χ3v) is 3.90. The van der Waals surface area contributed by atoms with Gasteiger partial charge in [0.05, 0.1) is 36.2 Å². The van der Waals surface area contributed by atoms with E-state index in [1.54, 1.807) is 6.07 Å². The van der Waals surface area contributed by atoms with Crippen LogP contribution in [0.2, 0.25) is 0 Å². The molecule has 1 aromatic rings. The second-order valence-electron chi connectivity index (χ2n) is 5.27. The Labute approximate surface area is 143 Å². The van der Waals surface area contributed by atoms with Crippen LogP contribution in [0.4, 0.5) is 5.69 Å². The lowest BCUT2D eigenvalue weighted by Gasteiger charge is -2.28. The Kier molecular flexibility index (Phi) is 5.21. The lowest BCUT2D eigenvalue weighted by atomic mass is 9.81. The van der Waals surface area contributed by atoms with E-state index in [2.05, 4.69) is 0 Å². The van der Waals surface area contributed by atoms with Crippen molar-refractivity contribution in [1.29, 1.82) is 0 Å². The topological polar surface area (TPSA) is 105 Å². The van der Waals surface area contributed by atoms with Crippen molar-refractivity contribution in [2.24, 2.45) is 0 Å². The van der Waals surface area contributed by atoms with Gasteiger partial charge < -0.3 is 14.2 Å². The van der Waals surface area contributed by atoms with Crippen molar-refractivity contribution in [3.8, 4) is 0 Å². The fraction of sp³-hybridized carbons (Fsp3) is 0.294. The van der Waals surface area contributed by atoms with E-state index >= 15 is 0 Å². The smallest absolute Gasteiger partial charge is 0.338 e. The summed E-state index contributed by atoms with van der Waals surface area (Å²) in [6, 6.07) is 5.88. The number of ether oxygens (including phenoxy) is 3. The standard InChI is InChI=1S/C17H17NO7/c1-9-13(16(19)23-3)15(14(10(2)25-9)17(20)24-4)11-7-5-6-8-12(11)18(21)22/h5-8,15H,1-4H3. The van der Waals surface area contributed by atoms with Gasteiger partial charge in [-0.3, -0.25) is 10.1 Å². The summed E-state index contributed by atoms with van der Waals surface area (Å²) in [4.78, 5) is 35.5. The first-order valence-corrected chi connectivity index (χ1v) is 7.32. The number of benzene rings is 1. The lowest BCUT2D eigenvalue weighted by Crippen LogP contribution is -2.27. The second kappa shape index (κ2) is 7.16. The molecule has 8 heteroatoms. The van der Waals surface area contributed by atoms with E-state index in [9.17, 15) is 19.7 Å². The maximum Gasteiger partial charge on any atom is 0.338 e. The lowest BCUT2D eigenvalue weighted by molar-refractivity contribution is -0.385. The highest BCUT2D eigenvalue weighted by molar-refractivity contribution is 5.99. The van der Waals surface area contributed by atoms with Crippen LogP contribution in [0, 0.1) is 10.1 Å². The molecule has 0 atom stereocenters. The predicted octanol–water partition coefficient (Wildman–Crippen LogP) is 2.60. The van der Waals surface area contributed by atoms with E-state index in [0.29, 0.717) is 0 Å². The van der Waals surface area contributed by atoms with Crippen LogP contribution in [0.3, 0.4) is 0 Å². The summed E-state index contributed by atoms with van der Waals surface area (Å²) >= 11 is 0. The van der Waals surface area contributed by atoms with Crippen LogP contribution in [-0.4, -0.2) is 31.1 Å². The van der Waals surface area contributed by atoms with E-state index in [1.165, 1.54) is 46.3 Å². The number of carbonyl (C=O) groups excluding carboxylic acids is 2. The molecule has 0 saturated carbocycles. The monoisotopic (exact) mass is 347 g/mol. The molecule has 0 amide bonds. The van der Waals surface area contributed by atoms with E-state index in [1.807, 2.05) is 0 Å². The number of hydrogen-bond donors (Lipinski definition) is 0. The fourth-order valence-electron chi connectivity index (χ4n) is 2.84. The van der Waals surface area contributed by atoms with Gasteiger partial charge in [0, 0.05) is 11.6 Å². The van der Waals surface area contributed by atoms with E-state index < -0.39 is 22.8 Å². The molecule has 0 unspecified atom stereocenters. The second-order valence-corrected chi connectivity index (χ2v) is 5.27. The first kappa shape index (κ1) is 18.2. The first-order valence-electron chi connectivity index (χ1n) is 7.32. The highest BCUT2D eigenvalue weighted by atomic mass is 16.6. The molecule has 0 fully saturated rings. The van der Waals surface area contributed by atoms with E-state index in [-0.39, 0.29) is 33.9 Å². The van der Waals surface area contributed by atoms with Crippen LogP contribution in [0.25, 0.3) is 0 Å². The minimum Gasteiger partial charge on any atom is -0.466 e.